The van der Waals surface area contributed by atoms with Crippen molar-refractivity contribution in [2.45, 2.75) is 26.3 Å². The normalized spacial score (nSPS) is 15.5. The van der Waals surface area contributed by atoms with Gasteiger partial charge in [-0.15, -0.1) is 0 Å². The first kappa shape index (κ1) is 20.0. The van der Waals surface area contributed by atoms with E-state index in [1.165, 1.54) is 11.3 Å². The van der Waals surface area contributed by atoms with E-state index in [9.17, 15) is 4.79 Å². The maximum atomic E-state index is 11.9. The molecule has 1 aliphatic heterocycles. The van der Waals surface area contributed by atoms with Crippen LogP contribution in [0, 0.1) is 5.92 Å². The number of ether oxygens (including phenoxy) is 2. The molecule has 0 N–H and O–H groups in total. The van der Waals surface area contributed by atoms with E-state index in [0.29, 0.717) is 23.2 Å². The molecule has 1 aromatic carbocycles. The van der Waals surface area contributed by atoms with E-state index < -0.39 is 0 Å². The van der Waals surface area contributed by atoms with Gasteiger partial charge in [0, 0.05) is 29.8 Å². The zero-order valence-electron chi connectivity index (χ0n) is 17.2. The summed E-state index contributed by atoms with van der Waals surface area (Å²) in [6.45, 7) is 4.85. The van der Waals surface area contributed by atoms with E-state index in [4.69, 9.17) is 13.9 Å². The molecule has 3 aromatic heterocycles. The Bertz CT molecular complexity index is 1180. The quantitative estimate of drug-likeness (QED) is 0.393. The van der Waals surface area contributed by atoms with Crippen LogP contribution in [-0.2, 0) is 16.1 Å². The van der Waals surface area contributed by atoms with Gasteiger partial charge in [-0.3, -0.25) is 9.69 Å². The molecular weight excluding hydrogens is 414 g/mol. The first-order valence-electron chi connectivity index (χ1n) is 10.5. The predicted molar refractivity (Wildman–Crippen MR) is 118 cm³/mol. The van der Waals surface area contributed by atoms with Crippen molar-refractivity contribution in [2.24, 2.45) is 5.92 Å². The highest BCUT2D eigenvalue weighted by atomic mass is 32.1. The Kier molecular flexibility index (Phi) is 5.57. The average Bonchev–Trinajstić information content (AvgIpc) is 3.37. The molecule has 5 rings (SSSR count). The maximum absolute atomic E-state index is 11.9. The summed E-state index contributed by atoms with van der Waals surface area (Å²) in [7, 11) is 0. The third-order valence-electron chi connectivity index (χ3n) is 5.58. The molecule has 0 amide bonds. The van der Waals surface area contributed by atoms with Gasteiger partial charge < -0.3 is 13.9 Å². The van der Waals surface area contributed by atoms with Gasteiger partial charge in [0.2, 0.25) is 0 Å². The van der Waals surface area contributed by atoms with Gasteiger partial charge >= 0.3 is 5.97 Å². The second-order valence-corrected chi connectivity index (χ2v) is 8.62. The fourth-order valence-corrected chi connectivity index (χ4v) is 4.77. The lowest BCUT2D eigenvalue weighted by atomic mass is 9.96. The molecule has 0 unspecified atom stereocenters. The number of likely N-dealkylation sites (tertiary alicyclic amines) is 1. The number of rotatable bonds is 6. The number of nitrogens with zero attached hydrogens (tertiary/aromatic N) is 3. The molecule has 1 saturated heterocycles. The first-order valence-corrected chi connectivity index (χ1v) is 11.3. The molecule has 1 fully saturated rings. The van der Waals surface area contributed by atoms with Gasteiger partial charge in [-0.25, -0.2) is 4.98 Å². The largest absolute Gasteiger partial charge is 0.466 e. The Hall–Kier alpha value is -2.97. The first-order chi connectivity index (χ1) is 15.2. The number of pyridine rings is 1. The van der Waals surface area contributed by atoms with Crippen LogP contribution in [0.15, 0.2) is 47.2 Å². The molecule has 4 aromatic rings. The highest BCUT2D eigenvalue weighted by molar-refractivity contribution is 7.20. The summed E-state index contributed by atoms with van der Waals surface area (Å²) in [5.41, 5.74) is 2.61. The van der Waals surface area contributed by atoms with Crippen LogP contribution in [0.1, 0.15) is 25.3 Å². The molecule has 7 nitrogen and oxygen atoms in total. The van der Waals surface area contributed by atoms with Gasteiger partial charge in [0.15, 0.2) is 5.65 Å². The lowest BCUT2D eigenvalue weighted by Crippen LogP contribution is -2.36. The molecule has 0 aliphatic carbocycles. The molecule has 1 aliphatic rings. The van der Waals surface area contributed by atoms with Crippen molar-refractivity contribution >= 4 is 38.6 Å². The minimum absolute atomic E-state index is 0.0229. The van der Waals surface area contributed by atoms with Gasteiger partial charge in [0.25, 0.3) is 5.19 Å². The second kappa shape index (κ2) is 8.64. The number of thiazole rings is 1. The van der Waals surface area contributed by atoms with Gasteiger partial charge in [0.05, 0.1) is 23.5 Å². The van der Waals surface area contributed by atoms with Crippen LogP contribution < -0.4 is 4.74 Å². The zero-order valence-corrected chi connectivity index (χ0v) is 18.1. The van der Waals surface area contributed by atoms with Crippen molar-refractivity contribution in [1.29, 1.82) is 0 Å². The van der Waals surface area contributed by atoms with Crippen molar-refractivity contribution in [3.63, 3.8) is 0 Å². The number of carbonyl (C=O) groups excluding carboxylic acids is 1. The third kappa shape index (κ3) is 4.26. The fourth-order valence-electron chi connectivity index (χ4n) is 3.97. The lowest BCUT2D eigenvalue weighted by molar-refractivity contribution is -0.149. The van der Waals surface area contributed by atoms with Crippen LogP contribution in [0.3, 0.4) is 0 Å². The summed E-state index contributed by atoms with van der Waals surface area (Å²) in [6.07, 6.45) is 5.21. The van der Waals surface area contributed by atoms with Gasteiger partial charge in [-0.05, 0) is 57.1 Å². The monoisotopic (exact) mass is 437 g/mol. The SMILES string of the molecule is CCOC(=O)C1CCN(Cc2coc3cc(Oc4nc5ncccc5s4)ccc23)CC1. The lowest BCUT2D eigenvalue weighted by Gasteiger charge is -2.30. The van der Waals surface area contributed by atoms with E-state index in [0.717, 1.165) is 53.7 Å². The van der Waals surface area contributed by atoms with Gasteiger partial charge in [0.1, 0.15) is 11.3 Å². The number of fused-ring (bicyclic) bond motifs is 2. The van der Waals surface area contributed by atoms with Crippen LogP contribution in [0.5, 0.6) is 10.9 Å². The van der Waals surface area contributed by atoms with Crippen molar-refractivity contribution in [2.75, 3.05) is 19.7 Å². The van der Waals surface area contributed by atoms with E-state index in [2.05, 4.69) is 14.9 Å². The Labute approximate surface area is 183 Å². The summed E-state index contributed by atoms with van der Waals surface area (Å²) in [6, 6.07) is 9.73. The fraction of sp³-hybridized carbons (Fsp3) is 0.348. The molecular formula is C23H23N3O4S. The smallest absolute Gasteiger partial charge is 0.309 e. The Balaban J connectivity index is 1.25. The van der Waals surface area contributed by atoms with E-state index in [-0.39, 0.29) is 11.9 Å². The summed E-state index contributed by atoms with van der Waals surface area (Å²) in [5, 5.41) is 1.63. The number of furan rings is 1. The summed E-state index contributed by atoms with van der Waals surface area (Å²) < 4.78 is 17.9. The molecule has 31 heavy (non-hydrogen) atoms. The molecule has 0 atom stereocenters. The molecule has 160 valence electrons. The number of hydrogen-bond acceptors (Lipinski definition) is 8. The van der Waals surface area contributed by atoms with E-state index in [1.807, 2.05) is 43.5 Å². The van der Waals surface area contributed by atoms with Crippen molar-refractivity contribution in [1.82, 2.24) is 14.9 Å². The number of piperidine rings is 1. The number of aromatic nitrogens is 2. The van der Waals surface area contributed by atoms with Gasteiger partial charge in [-0.2, -0.15) is 4.98 Å². The Morgan fingerprint density at radius 3 is 2.97 bits per heavy atom. The van der Waals surface area contributed by atoms with Crippen LogP contribution in [-0.4, -0.2) is 40.5 Å². The van der Waals surface area contributed by atoms with E-state index in [1.54, 1.807) is 6.20 Å². The van der Waals surface area contributed by atoms with Crippen LogP contribution in [0.4, 0.5) is 0 Å². The van der Waals surface area contributed by atoms with Crippen molar-refractivity contribution in [3.8, 4) is 10.9 Å². The summed E-state index contributed by atoms with van der Waals surface area (Å²) in [4.78, 5) is 23.0. The number of benzene rings is 1. The maximum Gasteiger partial charge on any atom is 0.309 e. The van der Waals surface area contributed by atoms with Crippen LogP contribution >= 0.6 is 11.3 Å². The molecule has 4 heterocycles. The topological polar surface area (TPSA) is 77.7 Å². The third-order valence-corrected chi connectivity index (χ3v) is 6.47. The average molecular weight is 438 g/mol. The minimum atomic E-state index is -0.0626. The molecule has 0 saturated carbocycles. The second-order valence-electron chi connectivity index (χ2n) is 7.63. The minimum Gasteiger partial charge on any atom is -0.466 e. The molecule has 0 radical (unpaired) electrons. The van der Waals surface area contributed by atoms with Crippen molar-refractivity contribution < 1.29 is 18.7 Å². The van der Waals surface area contributed by atoms with E-state index >= 15 is 0 Å². The van der Waals surface area contributed by atoms with Crippen LogP contribution in [0.2, 0.25) is 0 Å². The standard InChI is InChI=1S/C23H23N3O4S/c1-2-28-22(27)15-7-10-26(11-8-15)13-16-14-29-19-12-17(5-6-18(16)19)30-23-25-21-20(31-23)4-3-9-24-21/h3-6,9,12,14-15H,2,7-8,10-11,13H2,1H3. The Morgan fingerprint density at radius 2 is 2.16 bits per heavy atom. The predicted octanol–water partition coefficient (Wildman–Crippen LogP) is 5.00. The molecule has 0 spiro atoms. The van der Waals surface area contributed by atoms with Crippen molar-refractivity contribution in [3.05, 3.63) is 48.4 Å². The Morgan fingerprint density at radius 1 is 1.29 bits per heavy atom. The highest BCUT2D eigenvalue weighted by Crippen LogP contribution is 2.33. The number of esters is 1. The summed E-state index contributed by atoms with van der Waals surface area (Å²) >= 11 is 1.47. The highest BCUT2D eigenvalue weighted by Gasteiger charge is 2.26. The van der Waals surface area contributed by atoms with Gasteiger partial charge in [-0.1, -0.05) is 11.3 Å². The zero-order chi connectivity index (χ0) is 21.2. The molecule has 8 heteroatoms. The number of carbonyl (C=O) groups is 1. The number of hydrogen-bond donors (Lipinski definition) is 0. The summed E-state index contributed by atoms with van der Waals surface area (Å²) in [5.74, 6) is 0.643. The molecule has 0 bridgehead atoms. The van der Waals surface area contributed by atoms with Crippen LogP contribution in [0.25, 0.3) is 21.3 Å².